The number of aryl methyl sites for hydroxylation is 1. The van der Waals surface area contributed by atoms with Crippen LogP contribution in [0.25, 0.3) is 6.08 Å². The highest BCUT2D eigenvalue weighted by atomic mass is 19.4. The van der Waals surface area contributed by atoms with E-state index in [0.29, 0.717) is 11.3 Å². The van der Waals surface area contributed by atoms with Gasteiger partial charge in [-0.25, -0.2) is 4.79 Å². The predicted molar refractivity (Wildman–Crippen MR) is 65.0 cm³/mol. The zero-order valence-electron chi connectivity index (χ0n) is 10.3. The van der Waals surface area contributed by atoms with Gasteiger partial charge in [-0.1, -0.05) is 11.6 Å². The number of carbonyl (C=O) groups is 1. The third kappa shape index (κ3) is 2.30. The maximum absolute atomic E-state index is 13.0. The number of anilines is 1. The molecule has 0 fully saturated rings. The molecule has 3 nitrogen and oxygen atoms in total. The van der Waals surface area contributed by atoms with Crippen LogP contribution in [0.3, 0.4) is 0 Å². The molecule has 1 N–H and O–H groups in total. The van der Waals surface area contributed by atoms with Crippen LogP contribution < -0.4 is 4.90 Å². The van der Waals surface area contributed by atoms with Crippen molar-refractivity contribution in [2.24, 2.45) is 0 Å². The topological polar surface area (TPSA) is 40.5 Å². The summed E-state index contributed by atoms with van der Waals surface area (Å²) in [5, 5.41) is 8.99. The maximum atomic E-state index is 13.0. The van der Waals surface area contributed by atoms with Gasteiger partial charge in [0.25, 0.3) is 0 Å². The summed E-state index contributed by atoms with van der Waals surface area (Å²) in [6.07, 6.45) is -3.54. The largest absolute Gasteiger partial charge is 0.478 e. The first kappa shape index (κ1) is 13.5. The van der Waals surface area contributed by atoms with Crippen molar-refractivity contribution in [3.8, 4) is 0 Å². The Morgan fingerprint density at radius 3 is 2.53 bits per heavy atom. The molecule has 0 spiro atoms. The lowest BCUT2D eigenvalue weighted by atomic mass is 9.94. The van der Waals surface area contributed by atoms with Gasteiger partial charge in [0.1, 0.15) is 0 Å². The Balaban J connectivity index is 2.64. The molecule has 1 unspecified atom stereocenters. The summed E-state index contributed by atoms with van der Waals surface area (Å²) < 4.78 is 39.1. The Morgan fingerprint density at radius 2 is 2.00 bits per heavy atom. The molecule has 1 aromatic rings. The fourth-order valence-corrected chi connectivity index (χ4v) is 2.28. The van der Waals surface area contributed by atoms with Crippen molar-refractivity contribution in [1.82, 2.24) is 0 Å². The highest BCUT2D eigenvalue weighted by Gasteiger charge is 2.49. The molecule has 1 heterocycles. The molecule has 0 aromatic heterocycles. The Labute approximate surface area is 108 Å². The summed E-state index contributed by atoms with van der Waals surface area (Å²) in [5.74, 6) is -1.55. The van der Waals surface area contributed by atoms with E-state index in [2.05, 4.69) is 0 Å². The average molecular weight is 271 g/mol. The summed E-state index contributed by atoms with van der Waals surface area (Å²) in [6.45, 7) is 1.80. The van der Waals surface area contributed by atoms with Crippen molar-refractivity contribution in [1.29, 1.82) is 0 Å². The second-order valence-corrected chi connectivity index (χ2v) is 4.52. The highest BCUT2D eigenvalue weighted by molar-refractivity contribution is 5.97. The highest BCUT2D eigenvalue weighted by Crippen LogP contribution is 2.39. The van der Waals surface area contributed by atoms with Gasteiger partial charge in [0, 0.05) is 12.7 Å². The number of nitrogens with zero attached hydrogens (tertiary/aromatic N) is 1. The van der Waals surface area contributed by atoms with E-state index in [9.17, 15) is 18.0 Å². The summed E-state index contributed by atoms with van der Waals surface area (Å²) in [6, 6.07) is 2.81. The summed E-state index contributed by atoms with van der Waals surface area (Å²) >= 11 is 0. The molecule has 0 radical (unpaired) electrons. The number of halogens is 3. The van der Waals surface area contributed by atoms with Crippen LogP contribution in [0.15, 0.2) is 23.8 Å². The van der Waals surface area contributed by atoms with E-state index in [1.165, 1.54) is 7.05 Å². The van der Waals surface area contributed by atoms with Gasteiger partial charge < -0.3 is 10.0 Å². The first-order valence-corrected chi connectivity index (χ1v) is 5.57. The zero-order valence-corrected chi connectivity index (χ0v) is 10.3. The number of hydrogen-bond acceptors (Lipinski definition) is 2. The standard InChI is InChI=1S/C13H12F3NO2/c1-7-3-4-10-8(5-7)6-9(12(18)19)11(17(10)2)13(14,15)16/h3-6,11H,1-2H3,(H,18,19). The van der Waals surface area contributed by atoms with Crippen molar-refractivity contribution in [2.45, 2.75) is 19.1 Å². The molecule has 19 heavy (non-hydrogen) atoms. The smallest absolute Gasteiger partial charge is 0.413 e. The number of carboxylic acids is 1. The van der Waals surface area contributed by atoms with E-state index in [1.807, 2.05) is 0 Å². The van der Waals surface area contributed by atoms with Gasteiger partial charge in [-0.15, -0.1) is 0 Å². The molecule has 1 aliphatic rings. The summed E-state index contributed by atoms with van der Waals surface area (Å²) in [7, 11) is 1.25. The molecule has 0 bridgehead atoms. The minimum atomic E-state index is -4.64. The van der Waals surface area contributed by atoms with Crippen LogP contribution in [0.2, 0.25) is 0 Å². The number of hydrogen-bond donors (Lipinski definition) is 1. The van der Waals surface area contributed by atoms with Crippen molar-refractivity contribution in [3.05, 3.63) is 34.9 Å². The Morgan fingerprint density at radius 1 is 1.37 bits per heavy atom. The number of aliphatic carboxylic acids is 1. The maximum Gasteiger partial charge on any atom is 0.413 e. The number of likely N-dealkylation sites (N-methyl/N-ethyl adjacent to an activating group) is 1. The Kier molecular flexibility index (Phi) is 3.04. The van der Waals surface area contributed by atoms with E-state index in [4.69, 9.17) is 5.11 Å². The minimum absolute atomic E-state index is 0.373. The van der Waals surface area contributed by atoms with E-state index < -0.39 is 23.8 Å². The van der Waals surface area contributed by atoms with Crippen LogP contribution in [-0.2, 0) is 4.79 Å². The quantitative estimate of drug-likeness (QED) is 0.853. The van der Waals surface area contributed by atoms with Crippen LogP contribution in [0, 0.1) is 6.92 Å². The molecule has 1 atom stereocenters. The van der Waals surface area contributed by atoms with Gasteiger partial charge in [0.15, 0.2) is 6.04 Å². The van der Waals surface area contributed by atoms with Crippen LogP contribution in [0.1, 0.15) is 11.1 Å². The summed E-state index contributed by atoms with van der Waals surface area (Å²) in [4.78, 5) is 12.0. The van der Waals surface area contributed by atoms with Gasteiger partial charge in [-0.2, -0.15) is 13.2 Å². The van der Waals surface area contributed by atoms with Crippen LogP contribution in [-0.4, -0.2) is 30.3 Å². The molecular formula is C13H12F3NO2. The lowest BCUT2D eigenvalue weighted by Gasteiger charge is -2.36. The molecule has 102 valence electrons. The average Bonchev–Trinajstić information content (AvgIpc) is 2.25. The van der Waals surface area contributed by atoms with Crippen LogP contribution in [0.5, 0.6) is 0 Å². The summed E-state index contributed by atoms with van der Waals surface area (Å²) in [5.41, 5.74) is 1.06. The van der Waals surface area contributed by atoms with Gasteiger partial charge in [-0.3, -0.25) is 0 Å². The first-order chi connectivity index (χ1) is 8.71. The molecule has 1 aliphatic heterocycles. The monoisotopic (exact) mass is 271 g/mol. The van der Waals surface area contributed by atoms with Gasteiger partial charge in [-0.05, 0) is 30.7 Å². The first-order valence-electron chi connectivity index (χ1n) is 5.57. The fourth-order valence-electron chi connectivity index (χ4n) is 2.28. The minimum Gasteiger partial charge on any atom is -0.478 e. The van der Waals surface area contributed by atoms with Crippen molar-refractivity contribution >= 4 is 17.7 Å². The van der Waals surface area contributed by atoms with Crippen LogP contribution >= 0.6 is 0 Å². The van der Waals surface area contributed by atoms with E-state index in [0.717, 1.165) is 16.5 Å². The van der Waals surface area contributed by atoms with Crippen LogP contribution in [0.4, 0.5) is 18.9 Å². The molecular weight excluding hydrogens is 259 g/mol. The van der Waals surface area contributed by atoms with Crippen molar-refractivity contribution < 1.29 is 23.1 Å². The lowest BCUT2D eigenvalue weighted by molar-refractivity contribution is -0.150. The van der Waals surface area contributed by atoms with E-state index in [-0.39, 0.29) is 0 Å². The Hall–Kier alpha value is -1.98. The fraction of sp³-hybridized carbons (Fsp3) is 0.308. The number of alkyl halides is 3. The van der Waals surface area contributed by atoms with E-state index in [1.54, 1.807) is 25.1 Å². The molecule has 6 heteroatoms. The van der Waals surface area contributed by atoms with Crippen molar-refractivity contribution in [3.63, 3.8) is 0 Å². The van der Waals surface area contributed by atoms with Gasteiger partial charge in [0.05, 0.1) is 5.57 Å². The van der Waals surface area contributed by atoms with Gasteiger partial charge >= 0.3 is 12.1 Å². The molecule has 1 aromatic carbocycles. The lowest BCUT2D eigenvalue weighted by Crippen LogP contribution is -2.48. The second-order valence-electron chi connectivity index (χ2n) is 4.52. The molecule has 0 aliphatic carbocycles. The molecule has 2 rings (SSSR count). The van der Waals surface area contributed by atoms with Crippen molar-refractivity contribution in [2.75, 3.05) is 11.9 Å². The molecule has 0 saturated carbocycles. The van der Waals surface area contributed by atoms with Gasteiger partial charge in [0.2, 0.25) is 0 Å². The normalized spacial score (nSPS) is 18.9. The number of carboxylic acid groups (broad SMARTS) is 1. The zero-order chi connectivity index (χ0) is 14.4. The third-order valence-electron chi connectivity index (χ3n) is 3.11. The number of fused-ring (bicyclic) bond motifs is 1. The third-order valence-corrected chi connectivity index (χ3v) is 3.11. The van der Waals surface area contributed by atoms with E-state index >= 15 is 0 Å². The second kappa shape index (κ2) is 4.29. The Bertz CT molecular complexity index is 563. The number of rotatable bonds is 1. The molecule has 0 amide bonds. The molecule has 0 saturated heterocycles. The number of benzene rings is 1. The predicted octanol–water partition coefficient (Wildman–Crippen LogP) is 2.84. The SMILES string of the molecule is Cc1ccc2c(c1)C=C(C(=O)O)C(C(F)(F)F)N2C.